The summed E-state index contributed by atoms with van der Waals surface area (Å²) in [6.45, 7) is 3.79. The van der Waals surface area contributed by atoms with Gasteiger partial charge in [-0.25, -0.2) is 9.37 Å². The Morgan fingerprint density at radius 3 is 2.77 bits per heavy atom. The zero-order valence-corrected chi connectivity index (χ0v) is 14.7. The van der Waals surface area contributed by atoms with Crippen molar-refractivity contribution in [1.29, 1.82) is 0 Å². The largest absolute Gasteiger partial charge is 0.349 e. The summed E-state index contributed by atoms with van der Waals surface area (Å²) in [5.41, 5.74) is 4.26. The highest BCUT2D eigenvalue weighted by Crippen LogP contribution is 2.24. The van der Waals surface area contributed by atoms with Crippen LogP contribution in [0.3, 0.4) is 0 Å². The van der Waals surface area contributed by atoms with Crippen molar-refractivity contribution < 1.29 is 9.18 Å². The van der Waals surface area contributed by atoms with Crippen LogP contribution in [0.1, 0.15) is 34.3 Å². The molecule has 2 aromatic heterocycles. The fraction of sp³-hybridized carbons (Fsp3) is 0.250. The van der Waals surface area contributed by atoms with Gasteiger partial charge in [0.2, 0.25) is 0 Å². The van der Waals surface area contributed by atoms with Crippen LogP contribution in [-0.4, -0.2) is 26.5 Å². The molecular weight excluding hydrogens is 331 g/mol. The van der Waals surface area contributed by atoms with E-state index in [9.17, 15) is 9.18 Å². The number of carbonyl (C=O) groups excluding carboxylic acids is 1. The van der Waals surface area contributed by atoms with Crippen LogP contribution in [0, 0.1) is 19.7 Å². The maximum absolute atomic E-state index is 14.3. The molecule has 0 bridgehead atoms. The Bertz CT molecular complexity index is 991. The average molecular weight is 350 g/mol. The van der Waals surface area contributed by atoms with Crippen LogP contribution >= 0.6 is 0 Å². The molecule has 1 fully saturated rings. The molecular formula is C20H19FN4O. The second-order valence-corrected chi connectivity index (χ2v) is 6.78. The minimum Gasteiger partial charge on any atom is -0.349 e. The number of pyridine rings is 1. The van der Waals surface area contributed by atoms with E-state index < -0.39 is 5.82 Å². The molecule has 3 aromatic rings. The van der Waals surface area contributed by atoms with E-state index in [1.54, 1.807) is 29.4 Å². The first kappa shape index (κ1) is 16.4. The average Bonchev–Trinajstić information content (AvgIpc) is 3.28. The molecule has 0 spiro atoms. The van der Waals surface area contributed by atoms with E-state index in [0.29, 0.717) is 0 Å². The van der Waals surface area contributed by atoms with Crippen molar-refractivity contribution in [3.63, 3.8) is 0 Å². The number of aryl methyl sites for hydroxylation is 2. The molecule has 6 heteroatoms. The van der Waals surface area contributed by atoms with Gasteiger partial charge in [0, 0.05) is 30.2 Å². The van der Waals surface area contributed by atoms with Gasteiger partial charge in [0.15, 0.2) is 0 Å². The molecule has 1 aromatic carbocycles. The molecule has 1 N–H and O–H groups in total. The van der Waals surface area contributed by atoms with Crippen LogP contribution in [-0.2, 0) is 0 Å². The quantitative estimate of drug-likeness (QED) is 0.782. The molecule has 2 heterocycles. The van der Waals surface area contributed by atoms with Crippen LogP contribution in [0.5, 0.6) is 0 Å². The van der Waals surface area contributed by atoms with Gasteiger partial charge in [-0.05, 0) is 56.0 Å². The first-order valence-electron chi connectivity index (χ1n) is 8.58. The molecule has 26 heavy (non-hydrogen) atoms. The normalized spacial score (nSPS) is 13.7. The Labute approximate surface area is 150 Å². The van der Waals surface area contributed by atoms with E-state index in [1.807, 2.05) is 26.1 Å². The lowest BCUT2D eigenvalue weighted by molar-refractivity contribution is 0.0947. The van der Waals surface area contributed by atoms with Crippen molar-refractivity contribution in [3.8, 4) is 16.9 Å². The van der Waals surface area contributed by atoms with E-state index in [2.05, 4.69) is 15.3 Å². The van der Waals surface area contributed by atoms with Crippen molar-refractivity contribution in [2.45, 2.75) is 32.7 Å². The number of carbonyl (C=O) groups is 1. The second kappa shape index (κ2) is 6.37. The van der Waals surface area contributed by atoms with Gasteiger partial charge >= 0.3 is 0 Å². The molecule has 1 amide bonds. The Kier molecular flexibility index (Phi) is 4.03. The molecule has 0 radical (unpaired) electrons. The summed E-state index contributed by atoms with van der Waals surface area (Å²) < 4.78 is 16.1. The number of benzene rings is 1. The molecule has 1 aliphatic carbocycles. The fourth-order valence-corrected chi connectivity index (χ4v) is 2.90. The number of aromatic nitrogens is 3. The van der Waals surface area contributed by atoms with Crippen molar-refractivity contribution in [3.05, 3.63) is 65.6 Å². The maximum Gasteiger partial charge on any atom is 0.254 e. The smallest absolute Gasteiger partial charge is 0.254 e. The number of hydrogen-bond donors (Lipinski definition) is 1. The van der Waals surface area contributed by atoms with Crippen LogP contribution in [0.2, 0.25) is 0 Å². The summed E-state index contributed by atoms with van der Waals surface area (Å²) in [7, 11) is 0. The SMILES string of the molecule is Cc1cncc(-c2cn(-c3cc(C(=O)NC4CC4)c(F)cc3C)cn2)c1. The summed E-state index contributed by atoms with van der Waals surface area (Å²) in [6, 6.07) is 5.17. The van der Waals surface area contributed by atoms with Crippen LogP contribution < -0.4 is 5.32 Å². The van der Waals surface area contributed by atoms with Gasteiger partial charge in [-0.3, -0.25) is 9.78 Å². The van der Waals surface area contributed by atoms with Gasteiger partial charge in [-0.1, -0.05) is 0 Å². The van der Waals surface area contributed by atoms with Crippen LogP contribution in [0.15, 0.2) is 43.1 Å². The molecule has 1 aliphatic rings. The van der Waals surface area contributed by atoms with Crippen LogP contribution in [0.4, 0.5) is 4.39 Å². The number of nitrogens with zero attached hydrogens (tertiary/aromatic N) is 3. The highest BCUT2D eigenvalue weighted by atomic mass is 19.1. The van der Waals surface area contributed by atoms with Crippen molar-refractivity contribution in [2.24, 2.45) is 0 Å². The van der Waals surface area contributed by atoms with Crippen molar-refractivity contribution in [2.75, 3.05) is 0 Å². The predicted octanol–water partition coefficient (Wildman–Crippen LogP) is 3.58. The first-order valence-corrected chi connectivity index (χ1v) is 8.58. The number of amides is 1. The third-order valence-corrected chi connectivity index (χ3v) is 4.47. The number of hydrogen-bond acceptors (Lipinski definition) is 3. The Balaban J connectivity index is 1.70. The lowest BCUT2D eigenvalue weighted by Crippen LogP contribution is -2.26. The van der Waals surface area contributed by atoms with Crippen LogP contribution in [0.25, 0.3) is 16.9 Å². The fourth-order valence-electron chi connectivity index (χ4n) is 2.90. The molecule has 1 saturated carbocycles. The molecule has 5 nitrogen and oxygen atoms in total. The predicted molar refractivity (Wildman–Crippen MR) is 96.7 cm³/mol. The number of rotatable bonds is 4. The van der Waals surface area contributed by atoms with Gasteiger partial charge < -0.3 is 9.88 Å². The van der Waals surface area contributed by atoms with Gasteiger partial charge in [-0.15, -0.1) is 0 Å². The number of halogens is 1. The molecule has 0 saturated heterocycles. The van der Waals surface area contributed by atoms with E-state index >= 15 is 0 Å². The maximum atomic E-state index is 14.3. The monoisotopic (exact) mass is 350 g/mol. The van der Waals surface area contributed by atoms with Gasteiger partial charge in [0.25, 0.3) is 5.91 Å². The highest BCUT2D eigenvalue weighted by Gasteiger charge is 2.25. The summed E-state index contributed by atoms with van der Waals surface area (Å²) in [5, 5.41) is 2.83. The third kappa shape index (κ3) is 3.22. The standard InChI is InChI=1S/C20H19FN4O/c1-12-5-14(9-22-8-12)18-10-25(11-23-18)19-7-16(17(21)6-13(19)2)20(26)24-15-3-4-15/h5-11,15H,3-4H2,1-2H3,(H,24,26). The summed E-state index contributed by atoms with van der Waals surface area (Å²) in [6.07, 6.45) is 8.99. The van der Waals surface area contributed by atoms with E-state index in [1.165, 1.54) is 6.07 Å². The van der Waals surface area contributed by atoms with Gasteiger partial charge in [0.05, 0.1) is 23.3 Å². The molecule has 4 rings (SSSR count). The Morgan fingerprint density at radius 1 is 1.23 bits per heavy atom. The summed E-state index contributed by atoms with van der Waals surface area (Å²) in [4.78, 5) is 20.9. The Hall–Kier alpha value is -3.02. The van der Waals surface area contributed by atoms with Crippen molar-refractivity contribution >= 4 is 5.91 Å². The summed E-state index contributed by atoms with van der Waals surface area (Å²) in [5.74, 6) is -0.873. The molecule has 0 atom stereocenters. The Morgan fingerprint density at radius 2 is 2.04 bits per heavy atom. The van der Waals surface area contributed by atoms with E-state index in [-0.39, 0.29) is 17.5 Å². The van der Waals surface area contributed by atoms with Gasteiger partial charge in [0.1, 0.15) is 5.82 Å². The second-order valence-electron chi connectivity index (χ2n) is 6.78. The van der Waals surface area contributed by atoms with E-state index in [0.717, 1.165) is 40.9 Å². The number of nitrogens with one attached hydrogen (secondary N) is 1. The minimum absolute atomic E-state index is 0.0602. The van der Waals surface area contributed by atoms with Gasteiger partial charge in [-0.2, -0.15) is 0 Å². The molecule has 0 unspecified atom stereocenters. The zero-order valence-electron chi connectivity index (χ0n) is 14.7. The zero-order chi connectivity index (χ0) is 18.3. The lowest BCUT2D eigenvalue weighted by Gasteiger charge is -2.11. The van der Waals surface area contributed by atoms with E-state index in [4.69, 9.17) is 0 Å². The molecule has 132 valence electrons. The molecule has 0 aliphatic heterocycles. The third-order valence-electron chi connectivity index (χ3n) is 4.47. The topological polar surface area (TPSA) is 59.8 Å². The van der Waals surface area contributed by atoms with Crippen molar-refractivity contribution in [1.82, 2.24) is 19.9 Å². The number of imidazole rings is 1. The highest BCUT2D eigenvalue weighted by molar-refractivity contribution is 5.95. The minimum atomic E-state index is -0.507. The summed E-state index contributed by atoms with van der Waals surface area (Å²) >= 11 is 0. The first-order chi connectivity index (χ1) is 12.5. The lowest BCUT2D eigenvalue weighted by atomic mass is 10.1.